The van der Waals surface area contributed by atoms with Crippen molar-refractivity contribution in [3.05, 3.63) is 68.8 Å². The van der Waals surface area contributed by atoms with E-state index in [-0.39, 0.29) is 5.56 Å². The van der Waals surface area contributed by atoms with Gasteiger partial charge in [-0.05, 0) is 35.7 Å². The molecule has 0 saturated heterocycles. The molecule has 5 rings (SSSR count). The number of hydrogen-bond donors (Lipinski definition) is 0. The van der Waals surface area contributed by atoms with E-state index < -0.39 is 5.69 Å². The van der Waals surface area contributed by atoms with E-state index >= 15 is 0 Å². The zero-order valence-corrected chi connectivity index (χ0v) is 16.8. The number of rotatable bonds is 3. The first kappa shape index (κ1) is 17.5. The van der Waals surface area contributed by atoms with Crippen molar-refractivity contribution in [3.8, 4) is 22.0 Å². The van der Waals surface area contributed by atoms with Gasteiger partial charge >= 0.3 is 5.69 Å². The van der Waals surface area contributed by atoms with E-state index in [1.54, 1.807) is 29.9 Å². The van der Waals surface area contributed by atoms with Gasteiger partial charge in [-0.3, -0.25) is 22.9 Å². The molecule has 9 heteroatoms. The van der Waals surface area contributed by atoms with Gasteiger partial charge in [0.1, 0.15) is 5.75 Å². The Kier molecular flexibility index (Phi) is 3.75. The number of benzene rings is 1. The molecule has 4 heterocycles. The number of imidazole rings is 2. The van der Waals surface area contributed by atoms with Gasteiger partial charge < -0.3 is 4.74 Å². The Balaban J connectivity index is 1.94. The number of aryl methyl sites for hydroxylation is 1. The molecule has 5 aromatic rings. The van der Waals surface area contributed by atoms with Gasteiger partial charge in [-0.25, -0.2) is 4.79 Å². The molecule has 0 bridgehead atoms. The fourth-order valence-corrected chi connectivity index (χ4v) is 4.28. The van der Waals surface area contributed by atoms with E-state index in [1.807, 2.05) is 52.5 Å². The van der Waals surface area contributed by atoms with Crippen LogP contribution in [0.1, 0.15) is 0 Å². The van der Waals surface area contributed by atoms with Gasteiger partial charge in [0, 0.05) is 26.0 Å². The van der Waals surface area contributed by atoms with Crippen LogP contribution in [0.25, 0.3) is 33.2 Å². The minimum absolute atomic E-state index is 0.355. The summed E-state index contributed by atoms with van der Waals surface area (Å²) < 4.78 is 11.5. The molecule has 146 valence electrons. The van der Waals surface area contributed by atoms with Gasteiger partial charge in [0.2, 0.25) is 5.78 Å². The number of thiophene rings is 1. The fourth-order valence-electron chi connectivity index (χ4n) is 3.55. The summed E-state index contributed by atoms with van der Waals surface area (Å²) in [5.41, 5.74) is 1.73. The van der Waals surface area contributed by atoms with Gasteiger partial charge in [-0.1, -0.05) is 6.07 Å². The molecular weight excluding hydrogens is 390 g/mol. The van der Waals surface area contributed by atoms with Crippen molar-refractivity contribution in [2.24, 2.45) is 14.1 Å². The minimum Gasteiger partial charge on any atom is -0.497 e. The first-order valence-corrected chi connectivity index (χ1v) is 9.77. The van der Waals surface area contributed by atoms with Gasteiger partial charge in [0.25, 0.3) is 5.56 Å². The molecule has 0 amide bonds. The largest absolute Gasteiger partial charge is 0.497 e. The van der Waals surface area contributed by atoms with Crippen molar-refractivity contribution >= 4 is 28.3 Å². The maximum atomic E-state index is 12.9. The van der Waals surface area contributed by atoms with Crippen molar-refractivity contribution in [2.45, 2.75) is 0 Å². The lowest BCUT2D eigenvalue weighted by molar-refractivity contribution is 0.415. The van der Waals surface area contributed by atoms with Crippen LogP contribution < -0.4 is 16.0 Å². The monoisotopic (exact) mass is 407 g/mol. The summed E-state index contributed by atoms with van der Waals surface area (Å²) in [6.45, 7) is 0. The Bertz CT molecular complexity index is 1480. The van der Waals surface area contributed by atoms with Crippen LogP contribution >= 0.6 is 11.3 Å². The second-order valence-corrected chi connectivity index (χ2v) is 7.63. The second-order valence-electron chi connectivity index (χ2n) is 6.68. The van der Waals surface area contributed by atoms with Crippen LogP contribution in [0.5, 0.6) is 5.75 Å². The highest BCUT2D eigenvalue weighted by Crippen LogP contribution is 2.32. The third-order valence-corrected chi connectivity index (χ3v) is 5.96. The Morgan fingerprint density at radius 3 is 2.45 bits per heavy atom. The van der Waals surface area contributed by atoms with Crippen molar-refractivity contribution in [2.75, 3.05) is 7.11 Å². The molecule has 0 radical (unpaired) electrons. The molecular formula is C20H17N5O3S. The van der Waals surface area contributed by atoms with Crippen molar-refractivity contribution in [3.63, 3.8) is 0 Å². The van der Waals surface area contributed by atoms with Crippen molar-refractivity contribution in [1.29, 1.82) is 0 Å². The predicted octanol–water partition coefficient (Wildman–Crippen LogP) is 2.41. The van der Waals surface area contributed by atoms with Crippen molar-refractivity contribution < 1.29 is 4.74 Å². The number of ether oxygens (including phenoxy) is 1. The third kappa shape index (κ3) is 2.40. The van der Waals surface area contributed by atoms with E-state index in [4.69, 9.17) is 4.74 Å². The second kappa shape index (κ2) is 6.21. The lowest BCUT2D eigenvalue weighted by Gasteiger charge is -2.08. The summed E-state index contributed by atoms with van der Waals surface area (Å²) in [4.78, 5) is 30.9. The molecule has 29 heavy (non-hydrogen) atoms. The van der Waals surface area contributed by atoms with Gasteiger partial charge in [-0.15, -0.1) is 11.3 Å². The quantitative estimate of drug-likeness (QED) is 0.460. The molecule has 0 unspecified atom stereocenters. The predicted molar refractivity (Wildman–Crippen MR) is 112 cm³/mol. The standard InChI is InChI=1S/C20H17N5O3S/c1-22-17-16(18(26)23(2)20(22)27)24-11-14(15-5-4-10-29-15)25(19(24)21-17)12-6-8-13(28-3)9-7-12/h4-11H,1-3H3. The number of fused-ring (bicyclic) bond motifs is 3. The first-order valence-electron chi connectivity index (χ1n) is 8.89. The molecule has 1 aromatic carbocycles. The van der Waals surface area contributed by atoms with Gasteiger partial charge in [0.15, 0.2) is 11.2 Å². The van der Waals surface area contributed by atoms with E-state index in [2.05, 4.69) is 4.98 Å². The molecule has 0 N–H and O–H groups in total. The third-order valence-electron chi connectivity index (χ3n) is 5.07. The van der Waals surface area contributed by atoms with Crippen molar-refractivity contribution in [1.82, 2.24) is 23.1 Å². The Morgan fingerprint density at radius 2 is 1.79 bits per heavy atom. The summed E-state index contributed by atoms with van der Waals surface area (Å²) in [6, 6.07) is 11.6. The van der Waals surface area contributed by atoms with Crippen LogP contribution in [0.2, 0.25) is 0 Å². The Hall–Kier alpha value is -3.59. The average Bonchev–Trinajstić information content (AvgIpc) is 3.45. The minimum atomic E-state index is -0.405. The van der Waals surface area contributed by atoms with Crippen LogP contribution in [0.15, 0.2) is 57.6 Å². The van der Waals surface area contributed by atoms with E-state index in [1.165, 1.54) is 11.6 Å². The fraction of sp³-hybridized carbons (Fsp3) is 0.150. The lowest BCUT2D eigenvalue weighted by atomic mass is 10.3. The zero-order chi connectivity index (χ0) is 20.3. The van der Waals surface area contributed by atoms with Crippen LogP contribution in [0.4, 0.5) is 0 Å². The molecule has 0 aliphatic heterocycles. The van der Waals surface area contributed by atoms with Crippen LogP contribution in [-0.2, 0) is 14.1 Å². The maximum absolute atomic E-state index is 12.9. The Morgan fingerprint density at radius 1 is 1.03 bits per heavy atom. The molecule has 0 aliphatic rings. The summed E-state index contributed by atoms with van der Waals surface area (Å²) in [5.74, 6) is 1.31. The number of aromatic nitrogens is 5. The molecule has 8 nitrogen and oxygen atoms in total. The smallest absolute Gasteiger partial charge is 0.332 e. The number of nitrogens with zero attached hydrogens (tertiary/aromatic N) is 5. The highest BCUT2D eigenvalue weighted by molar-refractivity contribution is 7.13. The van der Waals surface area contributed by atoms with Crippen LogP contribution in [0, 0.1) is 0 Å². The highest BCUT2D eigenvalue weighted by atomic mass is 32.1. The van der Waals surface area contributed by atoms with Crippen LogP contribution in [-0.4, -0.2) is 30.2 Å². The summed E-state index contributed by atoms with van der Waals surface area (Å²) in [7, 11) is 4.72. The first-order chi connectivity index (χ1) is 14.0. The normalized spacial score (nSPS) is 11.6. The molecule has 0 saturated carbocycles. The van der Waals surface area contributed by atoms with E-state index in [0.717, 1.165) is 26.6 Å². The summed E-state index contributed by atoms with van der Waals surface area (Å²) >= 11 is 1.60. The average molecular weight is 407 g/mol. The SMILES string of the molecule is COc1ccc(-n2c(-c3cccs3)cn3c4c(=O)n(C)c(=O)n(C)c4nc23)cc1. The molecule has 0 atom stereocenters. The van der Waals surface area contributed by atoms with Crippen LogP contribution in [0.3, 0.4) is 0 Å². The van der Waals surface area contributed by atoms with E-state index in [0.29, 0.717) is 16.9 Å². The lowest BCUT2D eigenvalue weighted by Crippen LogP contribution is -2.37. The van der Waals surface area contributed by atoms with Gasteiger partial charge in [0.05, 0.1) is 17.7 Å². The topological polar surface area (TPSA) is 75.5 Å². The Labute approximate surface area is 168 Å². The number of methoxy groups -OCH3 is 1. The molecule has 4 aromatic heterocycles. The molecule has 0 spiro atoms. The highest BCUT2D eigenvalue weighted by Gasteiger charge is 2.22. The van der Waals surface area contributed by atoms with Gasteiger partial charge in [-0.2, -0.15) is 4.98 Å². The molecule has 0 aliphatic carbocycles. The molecule has 0 fully saturated rings. The van der Waals surface area contributed by atoms with E-state index in [9.17, 15) is 9.59 Å². The summed E-state index contributed by atoms with van der Waals surface area (Å²) in [5, 5.41) is 2.00. The maximum Gasteiger partial charge on any atom is 0.332 e. The number of hydrogen-bond acceptors (Lipinski definition) is 5. The zero-order valence-electron chi connectivity index (χ0n) is 16.0. The summed E-state index contributed by atoms with van der Waals surface area (Å²) in [6.07, 6.45) is 1.90.